The molecule has 1 rings (SSSR count). The van der Waals surface area contributed by atoms with Crippen LogP contribution in [0.2, 0.25) is 0 Å². The number of rotatable bonds is 1. The number of carboxylic acid groups (broad SMARTS) is 1. The molecule has 0 aliphatic carbocycles. The van der Waals surface area contributed by atoms with E-state index in [0.29, 0.717) is 0 Å². The van der Waals surface area contributed by atoms with Crippen molar-refractivity contribution in [2.75, 3.05) is 0 Å². The highest BCUT2D eigenvalue weighted by Crippen LogP contribution is 2.11. The minimum absolute atomic E-state index is 0.0347. The summed E-state index contributed by atoms with van der Waals surface area (Å²) in [6.07, 6.45) is 1.01. The van der Waals surface area contributed by atoms with E-state index in [1.807, 2.05) is 0 Å². The Bertz CT molecular complexity index is 221. The first-order valence-corrected chi connectivity index (χ1v) is 2.62. The molecule has 0 radical (unpaired) electrons. The van der Waals surface area contributed by atoms with Gasteiger partial charge in [0.2, 0.25) is 5.91 Å². The van der Waals surface area contributed by atoms with Crippen LogP contribution in [-0.4, -0.2) is 22.0 Å². The number of hydrazine groups is 1. The van der Waals surface area contributed by atoms with Crippen LogP contribution in [0.4, 0.5) is 0 Å². The van der Waals surface area contributed by atoms with E-state index in [4.69, 9.17) is 10.9 Å². The van der Waals surface area contributed by atoms with Crippen molar-refractivity contribution in [3.05, 3.63) is 11.8 Å². The first-order valence-electron chi connectivity index (χ1n) is 2.62. The number of aliphatic carboxylic acids is 1. The van der Waals surface area contributed by atoms with E-state index < -0.39 is 11.9 Å². The quantitative estimate of drug-likeness (QED) is 0.365. The van der Waals surface area contributed by atoms with Gasteiger partial charge in [0.15, 0.2) is 0 Å². The molecular formula is C5H6N2O3. The lowest BCUT2D eigenvalue weighted by Crippen LogP contribution is -2.27. The zero-order valence-corrected chi connectivity index (χ0v) is 5.07. The largest absolute Gasteiger partial charge is 0.478 e. The van der Waals surface area contributed by atoms with Gasteiger partial charge < -0.3 is 5.11 Å². The summed E-state index contributed by atoms with van der Waals surface area (Å²) in [6, 6.07) is 0. The molecule has 0 atom stereocenters. The van der Waals surface area contributed by atoms with E-state index in [2.05, 4.69) is 0 Å². The molecule has 10 heavy (non-hydrogen) atoms. The SMILES string of the molecule is NN1C=C(C(=O)O)CC1=O. The number of hydrogen-bond acceptors (Lipinski definition) is 3. The topological polar surface area (TPSA) is 83.6 Å². The number of carboxylic acids is 1. The molecule has 0 bridgehead atoms. The molecule has 0 unspecified atom stereocenters. The van der Waals surface area contributed by atoms with Crippen LogP contribution in [0.3, 0.4) is 0 Å². The minimum atomic E-state index is -1.10. The monoisotopic (exact) mass is 142 g/mol. The lowest BCUT2D eigenvalue weighted by atomic mass is 10.2. The van der Waals surface area contributed by atoms with Gasteiger partial charge in [-0.15, -0.1) is 0 Å². The van der Waals surface area contributed by atoms with E-state index in [9.17, 15) is 9.59 Å². The second-order valence-corrected chi connectivity index (χ2v) is 1.94. The first-order chi connectivity index (χ1) is 4.61. The van der Waals surface area contributed by atoms with Gasteiger partial charge in [-0.25, -0.2) is 10.6 Å². The van der Waals surface area contributed by atoms with Crippen molar-refractivity contribution in [2.24, 2.45) is 5.84 Å². The number of amides is 1. The fraction of sp³-hybridized carbons (Fsp3) is 0.200. The average Bonchev–Trinajstić information content (AvgIpc) is 2.13. The van der Waals surface area contributed by atoms with Crippen LogP contribution in [-0.2, 0) is 9.59 Å². The molecule has 0 saturated carbocycles. The van der Waals surface area contributed by atoms with Crippen molar-refractivity contribution < 1.29 is 14.7 Å². The van der Waals surface area contributed by atoms with E-state index >= 15 is 0 Å². The minimum Gasteiger partial charge on any atom is -0.478 e. The molecule has 1 heterocycles. The Morgan fingerprint density at radius 2 is 2.40 bits per heavy atom. The van der Waals surface area contributed by atoms with Crippen LogP contribution in [0.5, 0.6) is 0 Å². The summed E-state index contributed by atoms with van der Waals surface area (Å²) in [6.45, 7) is 0. The summed E-state index contributed by atoms with van der Waals surface area (Å²) in [4.78, 5) is 20.8. The molecule has 0 fully saturated rings. The van der Waals surface area contributed by atoms with Crippen LogP contribution in [0.15, 0.2) is 11.8 Å². The first kappa shape index (κ1) is 6.76. The molecule has 0 aromatic heterocycles. The van der Waals surface area contributed by atoms with Crippen LogP contribution in [0, 0.1) is 0 Å². The Labute approximate surface area is 56.7 Å². The van der Waals surface area contributed by atoms with Gasteiger partial charge in [0.05, 0.1) is 12.0 Å². The van der Waals surface area contributed by atoms with Gasteiger partial charge in [-0.2, -0.15) is 0 Å². The van der Waals surface area contributed by atoms with E-state index in [-0.39, 0.29) is 12.0 Å². The summed E-state index contributed by atoms with van der Waals surface area (Å²) in [5, 5.41) is 9.13. The lowest BCUT2D eigenvalue weighted by molar-refractivity contribution is -0.134. The number of hydrogen-bond donors (Lipinski definition) is 2. The predicted molar refractivity (Wildman–Crippen MR) is 31.4 cm³/mol. The molecule has 1 aliphatic rings. The van der Waals surface area contributed by atoms with Gasteiger partial charge in [-0.1, -0.05) is 0 Å². The zero-order chi connectivity index (χ0) is 7.72. The number of nitrogens with two attached hydrogens (primary N) is 1. The summed E-state index contributed by atoms with van der Waals surface area (Å²) in [5.74, 6) is 3.56. The molecule has 54 valence electrons. The molecule has 0 saturated heterocycles. The third-order valence-corrected chi connectivity index (χ3v) is 1.20. The van der Waals surface area contributed by atoms with Gasteiger partial charge >= 0.3 is 5.97 Å². The summed E-state index contributed by atoms with van der Waals surface area (Å²) in [5.41, 5.74) is 0.0347. The van der Waals surface area contributed by atoms with Gasteiger partial charge in [-0.05, 0) is 0 Å². The molecule has 5 heteroatoms. The Morgan fingerprint density at radius 3 is 2.60 bits per heavy atom. The van der Waals surface area contributed by atoms with Gasteiger partial charge in [0, 0.05) is 6.20 Å². The van der Waals surface area contributed by atoms with E-state index in [1.54, 1.807) is 0 Å². The summed E-state index contributed by atoms with van der Waals surface area (Å²) in [7, 11) is 0. The van der Waals surface area contributed by atoms with Crippen LogP contribution < -0.4 is 5.84 Å². The number of carbonyl (C=O) groups excluding carboxylic acids is 1. The van der Waals surface area contributed by atoms with Crippen LogP contribution in [0.25, 0.3) is 0 Å². The van der Waals surface area contributed by atoms with E-state index in [0.717, 1.165) is 11.2 Å². The Morgan fingerprint density at radius 1 is 1.80 bits per heavy atom. The van der Waals surface area contributed by atoms with Crippen molar-refractivity contribution in [1.82, 2.24) is 5.01 Å². The molecule has 0 spiro atoms. The summed E-state index contributed by atoms with van der Waals surface area (Å²) < 4.78 is 0. The fourth-order valence-electron chi connectivity index (χ4n) is 0.671. The van der Waals surface area contributed by atoms with Crippen molar-refractivity contribution in [3.63, 3.8) is 0 Å². The Balaban J connectivity index is 2.77. The van der Waals surface area contributed by atoms with Crippen molar-refractivity contribution in [3.8, 4) is 0 Å². The molecule has 0 aromatic carbocycles. The molecule has 0 aromatic rings. The Kier molecular flexibility index (Phi) is 1.42. The highest BCUT2D eigenvalue weighted by molar-refractivity contribution is 5.97. The predicted octanol–water partition coefficient (Wildman–Crippen LogP) is -0.939. The van der Waals surface area contributed by atoms with E-state index in [1.165, 1.54) is 0 Å². The van der Waals surface area contributed by atoms with Crippen LogP contribution >= 0.6 is 0 Å². The molecule has 1 aliphatic heterocycles. The average molecular weight is 142 g/mol. The highest BCUT2D eigenvalue weighted by atomic mass is 16.4. The maximum Gasteiger partial charge on any atom is 0.333 e. The van der Waals surface area contributed by atoms with Gasteiger partial charge in [0.25, 0.3) is 0 Å². The smallest absolute Gasteiger partial charge is 0.333 e. The lowest BCUT2D eigenvalue weighted by Gasteiger charge is -2.00. The second-order valence-electron chi connectivity index (χ2n) is 1.94. The third kappa shape index (κ3) is 0.985. The molecule has 1 amide bonds. The zero-order valence-electron chi connectivity index (χ0n) is 5.07. The second kappa shape index (κ2) is 2.11. The Hall–Kier alpha value is -1.36. The van der Waals surface area contributed by atoms with Crippen molar-refractivity contribution in [1.29, 1.82) is 0 Å². The fourth-order valence-corrected chi connectivity index (χ4v) is 0.671. The van der Waals surface area contributed by atoms with Gasteiger partial charge in [0.1, 0.15) is 0 Å². The van der Waals surface area contributed by atoms with Gasteiger partial charge in [-0.3, -0.25) is 9.80 Å². The molecule has 3 N–H and O–H groups in total. The molecule has 5 nitrogen and oxygen atoms in total. The number of nitrogens with zero attached hydrogens (tertiary/aromatic N) is 1. The van der Waals surface area contributed by atoms with Crippen LogP contribution in [0.1, 0.15) is 6.42 Å². The normalized spacial score (nSPS) is 17.5. The maximum atomic E-state index is 10.6. The maximum absolute atomic E-state index is 10.6. The standard InChI is InChI=1S/C5H6N2O3/c6-7-2-3(5(9)10)1-4(7)8/h2H,1,6H2,(H,9,10). The highest BCUT2D eigenvalue weighted by Gasteiger charge is 2.23. The molecular weight excluding hydrogens is 136 g/mol. The third-order valence-electron chi connectivity index (χ3n) is 1.20. The summed E-state index contributed by atoms with van der Waals surface area (Å²) >= 11 is 0. The van der Waals surface area contributed by atoms with Crippen molar-refractivity contribution >= 4 is 11.9 Å². The number of carbonyl (C=O) groups is 2. The van der Waals surface area contributed by atoms with Crippen molar-refractivity contribution in [2.45, 2.75) is 6.42 Å².